The fourth-order valence-electron chi connectivity index (χ4n) is 3.33. The van der Waals surface area contributed by atoms with Crippen LogP contribution in [0.5, 0.6) is 0 Å². The molecule has 3 heteroatoms. The summed E-state index contributed by atoms with van der Waals surface area (Å²) in [5.74, 6) is 0.784. The predicted octanol–water partition coefficient (Wildman–Crippen LogP) is 3.15. The molecule has 0 unspecified atom stereocenters. The van der Waals surface area contributed by atoms with Crippen LogP contribution in [0.15, 0.2) is 0 Å². The SMILES string of the molecule is CCCNCC(CC)(CC)CN1CCC(COC)CC1. The first-order valence-electron chi connectivity index (χ1n) is 8.61. The molecule has 120 valence electrons. The van der Waals surface area contributed by atoms with Crippen molar-refractivity contribution < 1.29 is 4.74 Å². The van der Waals surface area contributed by atoms with Crippen LogP contribution < -0.4 is 5.32 Å². The minimum atomic E-state index is 0.462. The molecule has 0 atom stereocenters. The highest BCUT2D eigenvalue weighted by molar-refractivity contribution is 4.85. The molecule has 1 N–H and O–H groups in total. The molecule has 1 aliphatic rings. The van der Waals surface area contributed by atoms with Crippen molar-refractivity contribution in [3.05, 3.63) is 0 Å². The second kappa shape index (κ2) is 9.75. The van der Waals surface area contributed by atoms with E-state index >= 15 is 0 Å². The maximum absolute atomic E-state index is 5.30. The molecule has 1 saturated heterocycles. The Morgan fingerprint density at radius 2 is 1.80 bits per heavy atom. The quantitative estimate of drug-likeness (QED) is 0.624. The molecule has 0 bridgehead atoms. The van der Waals surface area contributed by atoms with E-state index in [1.807, 2.05) is 7.11 Å². The number of nitrogens with zero attached hydrogens (tertiary/aromatic N) is 1. The Hall–Kier alpha value is -0.120. The summed E-state index contributed by atoms with van der Waals surface area (Å²) < 4.78 is 5.30. The monoisotopic (exact) mass is 284 g/mol. The van der Waals surface area contributed by atoms with Crippen LogP contribution in [0, 0.1) is 11.3 Å². The average Bonchev–Trinajstić information content (AvgIpc) is 2.49. The molecule has 1 fully saturated rings. The van der Waals surface area contributed by atoms with E-state index in [2.05, 4.69) is 31.0 Å². The molecule has 20 heavy (non-hydrogen) atoms. The van der Waals surface area contributed by atoms with Crippen molar-refractivity contribution in [3.63, 3.8) is 0 Å². The first kappa shape index (κ1) is 17.9. The molecule has 1 heterocycles. The van der Waals surface area contributed by atoms with E-state index in [1.165, 1.54) is 58.3 Å². The molecule has 0 aromatic carbocycles. The van der Waals surface area contributed by atoms with Gasteiger partial charge in [0.05, 0.1) is 0 Å². The largest absolute Gasteiger partial charge is 0.384 e. The number of likely N-dealkylation sites (tertiary alicyclic amines) is 1. The normalized spacial score (nSPS) is 18.6. The van der Waals surface area contributed by atoms with Crippen molar-refractivity contribution in [2.24, 2.45) is 11.3 Å². The molecule has 0 amide bonds. The van der Waals surface area contributed by atoms with Gasteiger partial charge in [0.1, 0.15) is 0 Å². The van der Waals surface area contributed by atoms with Crippen LogP contribution in [0.2, 0.25) is 0 Å². The van der Waals surface area contributed by atoms with Crippen molar-refractivity contribution in [3.8, 4) is 0 Å². The molecular weight excluding hydrogens is 248 g/mol. The second-order valence-electron chi connectivity index (χ2n) is 6.56. The van der Waals surface area contributed by atoms with E-state index in [0.717, 1.165) is 19.1 Å². The molecule has 0 aliphatic carbocycles. The van der Waals surface area contributed by atoms with Crippen molar-refractivity contribution in [2.45, 2.75) is 52.9 Å². The fourth-order valence-corrected chi connectivity index (χ4v) is 3.33. The Bertz CT molecular complexity index is 233. The van der Waals surface area contributed by atoms with Gasteiger partial charge in [0.15, 0.2) is 0 Å². The minimum Gasteiger partial charge on any atom is -0.384 e. The van der Waals surface area contributed by atoms with Crippen LogP contribution in [0.25, 0.3) is 0 Å². The number of ether oxygens (including phenoxy) is 1. The standard InChI is InChI=1S/C17H36N2O/c1-5-10-18-14-17(6-2,7-3)15-19-11-8-16(9-12-19)13-20-4/h16,18H,5-15H2,1-4H3. The molecule has 1 aliphatic heterocycles. The summed E-state index contributed by atoms with van der Waals surface area (Å²) in [5.41, 5.74) is 0.462. The molecule has 3 nitrogen and oxygen atoms in total. The van der Waals surface area contributed by atoms with Gasteiger partial charge in [-0.1, -0.05) is 20.8 Å². The van der Waals surface area contributed by atoms with Gasteiger partial charge in [-0.2, -0.15) is 0 Å². The Kier molecular flexibility index (Phi) is 8.74. The van der Waals surface area contributed by atoms with Crippen LogP contribution in [-0.2, 0) is 4.74 Å². The van der Waals surface area contributed by atoms with Gasteiger partial charge >= 0.3 is 0 Å². The summed E-state index contributed by atoms with van der Waals surface area (Å²) in [6.07, 6.45) is 6.39. The Labute approximate surface area is 126 Å². The second-order valence-corrected chi connectivity index (χ2v) is 6.56. The highest BCUT2D eigenvalue weighted by atomic mass is 16.5. The molecule has 0 radical (unpaired) electrons. The lowest BCUT2D eigenvalue weighted by Crippen LogP contribution is -2.46. The van der Waals surface area contributed by atoms with Gasteiger partial charge in [0.25, 0.3) is 0 Å². The minimum absolute atomic E-state index is 0.462. The third kappa shape index (κ3) is 5.71. The first-order valence-corrected chi connectivity index (χ1v) is 8.61. The molecule has 1 rings (SSSR count). The fraction of sp³-hybridized carbons (Fsp3) is 1.00. The molecule has 0 spiro atoms. The molecule has 0 saturated carbocycles. The molecular formula is C17H36N2O. The number of hydrogen-bond donors (Lipinski definition) is 1. The zero-order valence-electron chi connectivity index (χ0n) is 14.2. The zero-order chi connectivity index (χ0) is 14.8. The van der Waals surface area contributed by atoms with E-state index in [0.29, 0.717) is 5.41 Å². The summed E-state index contributed by atoms with van der Waals surface area (Å²) >= 11 is 0. The van der Waals surface area contributed by atoms with Crippen LogP contribution in [-0.4, -0.2) is 51.3 Å². The highest BCUT2D eigenvalue weighted by Crippen LogP contribution is 2.29. The van der Waals surface area contributed by atoms with E-state index < -0.39 is 0 Å². The summed E-state index contributed by atoms with van der Waals surface area (Å²) in [4.78, 5) is 2.69. The smallest absolute Gasteiger partial charge is 0.0491 e. The van der Waals surface area contributed by atoms with Gasteiger partial charge in [-0.25, -0.2) is 0 Å². The van der Waals surface area contributed by atoms with Crippen LogP contribution >= 0.6 is 0 Å². The summed E-state index contributed by atoms with van der Waals surface area (Å²) in [5, 5.41) is 3.65. The third-order valence-corrected chi connectivity index (χ3v) is 5.10. The van der Waals surface area contributed by atoms with E-state index in [9.17, 15) is 0 Å². The lowest BCUT2D eigenvalue weighted by atomic mass is 9.81. The van der Waals surface area contributed by atoms with Crippen LogP contribution in [0.3, 0.4) is 0 Å². The maximum Gasteiger partial charge on any atom is 0.0491 e. The van der Waals surface area contributed by atoms with Crippen LogP contribution in [0.4, 0.5) is 0 Å². The molecule has 0 aromatic rings. The Morgan fingerprint density at radius 1 is 1.15 bits per heavy atom. The third-order valence-electron chi connectivity index (χ3n) is 5.10. The summed E-state index contributed by atoms with van der Waals surface area (Å²) in [7, 11) is 1.82. The Balaban J connectivity index is 2.41. The van der Waals surface area contributed by atoms with E-state index in [-0.39, 0.29) is 0 Å². The van der Waals surface area contributed by atoms with Gasteiger partial charge < -0.3 is 15.0 Å². The van der Waals surface area contributed by atoms with Crippen molar-refractivity contribution in [2.75, 3.05) is 46.4 Å². The van der Waals surface area contributed by atoms with Crippen molar-refractivity contribution >= 4 is 0 Å². The highest BCUT2D eigenvalue weighted by Gasteiger charge is 2.30. The first-order chi connectivity index (χ1) is 9.69. The lowest BCUT2D eigenvalue weighted by Gasteiger charge is -2.40. The van der Waals surface area contributed by atoms with Gasteiger partial charge in [-0.3, -0.25) is 0 Å². The van der Waals surface area contributed by atoms with Gasteiger partial charge in [0, 0.05) is 26.8 Å². The van der Waals surface area contributed by atoms with E-state index in [1.54, 1.807) is 0 Å². The number of methoxy groups -OCH3 is 1. The topological polar surface area (TPSA) is 24.5 Å². The molecule has 0 aromatic heterocycles. The average molecular weight is 284 g/mol. The summed E-state index contributed by atoms with van der Waals surface area (Å²) in [6.45, 7) is 14.0. The van der Waals surface area contributed by atoms with Gasteiger partial charge in [-0.15, -0.1) is 0 Å². The van der Waals surface area contributed by atoms with Gasteiger partial charge in [-0.05, 0) is 63.1 Å². The number of rotatable bonds is 10. The lowest BCUT2D eigenvalue weighted by molar-refractivity contribution is 0.0692. The van der Waals surface area contributed by atoms with Crippen molar-refractivity contribution in [1.29, 1.82) is 0 Å². The van der Waals surface area contributed by atoms with E-state index in [4.69, 9.17) is 4.74 Å². The van der Waals surface area contributed by atoms with Gasteiger partial charge in [0.2, 0.25) is 0 Å². The van der Waals surface area contributed by atoms with Crippen molar-refractivity contribution in [1.82, 2.24) is 10.2 Å². The summed E-state index contributed by atoms with van der Waals surface area (Å²) in [6, 6.07) is 0. The zero-order valence-corrected chi connectivity index (χ0v) is 14.2. The van der Waals surface area contributed by atoms with Crippen LogP contribution in [0.1, 0.15) is 52.9 Å². The Morgan fingerprint density at radius 3 is 2.30 bits per heavy atom. The number of nitrogens with one attached hydrogen (secondary N) is 1. The number of piperidine rings is 1. The predicted molar refractivity (Wildman–Crippen MR) is 87.2 cm³/mol. The maximum atomic E-state index is 5.30. The number of hydrogen-bond acceptors (Lipinski definition) is 3.